The summed E-state index contributed by atoms with van der Waals surface area (Å²) in [5.41, 5.74) is 1.20. The zero-order valence-electron chi connectivity index (χ0n) is 11.1. The van der Waals surface area contributed by atoms with E-state index in [-0.39, 0.29) is 24.4 Å². The molecule has 1 fully saturated rings. The summed E-state index contributed by atoms with van der Waals surface area (Å²) < 4.78 is 0. The average Bonchev–Trinajstić information content (AvgIpc) is 2.63. The van der Waals surface area contributed by atoms with Crippen LogP contribution in [0.3, 0.4) is 0 Å². The van der Waals surface area contributed by atoms with Gasteiger partial charge in [-0.1, -0.05) is 0 Å². The minimum Gasteiger partial charge on any atom is -0.347 e. The molecule has 2 atom stereocenters. The van der Waals surface area contributed by atoms with Crippen LogP contribution in [0.1, 0.15) is 39.9 Å². The van der Waals surface area contributed by atoms with Gasteiger partial charge in [0.25, 0.3) is 5.91 Å². The number of hydrogen-bond donors (Lipinski definition) is 2. The summed E-state index contributed by atoms with van der Waals surface area (Å²) >= 11 is 1.58. The summed E-state index contributed by atoms with van der Waals surface area (Å²) in [5.74, 6) is 0.0757. The van der Waals surface area contributed by atoms with E-state index in [1.165, 1.54) is 10.4 Å². The molecule has 2 unspecified atom stereocenters. The highest BCUT2D eigenvalue weighted by Crippen LogP contribution is 2.21. The number of carbonyl (C=O) groups is 1. The quantitative estimate of drug-likeness (QED) is 0.878. The van der Waals surface area contributed by atoms with Crippen LogP contribution >= 0.6 is 23.7 Å². The summed E-state index contributed by atoms with van der Waals surface area (Å²) in [6, 6.07) is 2.62. The predicted octanol–water partition coefficient (Wildman–Crippen LogP) is 2.66. The van der Waals surface area contributed by atoms with Crippen LogP contribution in [-0.2, 0) is 0 Å². The first-order chi connectivity index (χ1) is 8.08. The number of hydrogen-bond acceptors (Lipinski definition) is 3. The van der Waals surface area contributed by atoms with Crippen molar-refractivity contribution in [3.63, 3.8) is 0 Å². The van der Waals surface area contributed by atoms with Crippen molar-refractivity contribution < 1.29 is 4.79 Å². The molecule has 3 nitrogen and oxygen atoms in total. The number of aryl methyl sites for hydroxylation is 2. The minimum atomic E-state index is 0. The van der Waals surface area contributed by atoms with Crippen molar-refractivity contribution in [3.8, 4) is 0 Å². The van der Waals surface area contributed by atoms with Gasteiger partial charge in [0.2, 0.25) is 0 Å². The molecular weight excluding hydrogens is 268 g/mol. The van der Waals surface area contributed by atoms with E-state index in [0.29, 0.717) is 6.04 Å². The lowest BCUT2D eigenvalue weighted by atomic mass is 10.00. The fourth-order valence-electron chi connectivity index (χ4n) is 2.17. The Morgan fingerprint density at radius 1 is 1.50 bits per heavy atom. The lowest BCUT2D eigenvalue weighted by Crippen LogP contribution is -2.51. The summed E-state index contributed by atoms with van der Waals surface area (Å²) in [7, 11) is 0. The van der Waals surface area contributed by atoms with Crippen LogP contribution < -0.4 is 10.6 Å². The Balaban J connectivity index is 0.00000162. The summed E-state index contributed by atoms with van der Waals surface area (Å²) in [4.78, 5) is 14.2. The van der Waals surface area contributed by atoms with Crippen LogP contribution in [0.2, 0.25) is 0 Å². The third kappa shape index (κ3) is 3.46. The van der Waals surface area contributed by atoms with Crippen LogP contribution in [0, 0.1) is 13.8 Å². The van der Waals surface area contributed by atoms with Crippen LogP contribution in [0.4, 0.5) is 0 Å². The first-order valence-corrected chi connectivity index (χ1v) is 7.01. The minimum absolute atomic E-state index is 0. The maximum absolute atomic E-state index is 12.1. The molecule has 2 N–H and O–H groups in total. The smallest absolute Gasteiger partial charge is 0.261 e. The van der Waals surface area contributed by atoms with Crippen LogP contribution in [0.15, 0.2) is 6.07 Å². The molecule has 1 amide bonds. The molecule has 102 valence electrons. The monoisotopic (exact) mass is 288 g/mol. The maximum atomic E-state index is 12.1. The van der Waals surface area contributed by atoms with Crippen molar-refractivity contribution in [2.24, 2.45) is 0 Å². The lowest BCUT2D eigenvalue weighted by molar-refractivity contribution is 0.0924. The maximum Gasteiger partial charge on any atom is 0.261 e. The molecule has 0 saturated carbocycles. The van der Waals surface area contributed by atoms with E-state index in [9.17, 15) is 4.79 Å². The first kappa shape index (κ1) is 15.5. The van der Waals surface area contributed by atoms with Gasteiger partial charge in [-0.2, -0.15) is 0 Å². The van der Waals surface area contributed by atoms with E-state index in [1.807, 2.05) is 13.0 Å². The molecule has 0 aliphatic carbocycles. The van der Waals surface area contributed by atoms with Gasteiger partial charge in [-0.05, 0) is 51.8 Å². The average molecular weight is 289 g/mol. The highest BCUT2D eigenvalue weighted by Gasteiger charge is 2.23. The van der Waals surface area contributed by atoms with Gasteiger partial charge in [0.15, 0.2) is 0 Å². The number of halogens is 1. The molecule has 0 bridgehead atoms. The SMILES string of the molecule is Cc1cc(C(=O)NC2CCCNC2C)sc1C.Cl. The van der Waals surface area contributed by atoms with Gasteiger partial charge in [-0.15, -0.1) is 23.7 Å². The molecule has 0 spiro atoms. The Morgan fingerprint density at radius 3 is 2.78 bits per heavy atom. The van der Waals surface area contributed by atoms with Crippen LogP contribution in [0.5, 0.6) is 0 Å². The van der Waals surface area contributed by atoms with Crippen molar-refractivity contribution in [3.05, 3.63) is 21.4 Å². The Bertz CT molecular complexity index is 400. The summed E-state index contributed by atoms with van der Waals surface area (Å²) in [6.07, 6.45) is 2.21. The van der Waals surface area contributed by atoms with Crippen LogP contribution in [0.25, 0.3) is 0 Å². The molecule has 1 aliphatic rings. The number of rotatable bonds is 2. The van der Waals surface area contributed by atoms with E-state index in [1.54, 1.807) is 11.3 Å². The van der Waals surface area contributed by atoms with Gasteiger partial charge in [0.1, 0.15) is 0 Å². The highest BCUT2D eigenvalue weighted by molar-refractivity contribution is 7.14. The topological polar surface area (TPSA) is 41.1 Å². The Morgan fingerprint density at radius 2 is 2.22 bits per heavy atom. The molecule has 5 heteroatoms. The highest BCUT2D eigenvalue weighted by atomic mass is 35.5. The number of nitrogens with one attached hydrogen (secondary N) is 2. The summed E-state index contributed by atoms with van der Waals surface area (Å²) in [5, 5.41) is 6.53. The second-order valence-electron chi connectivity index (χ2n) is 4.81. The molecular formula is C13H21ClN2OS. The molecule has 1 aromatic heterocycles. The van der Waals surface area contributed by atoms with E-state index >= 15 is 0 Å². The zero-order valence-corrected chi connectivity index (χ0v) is 12.7. The Labute approximate surface area is 119 Å². The normalized spacial score (nSPS) is 23.3. The fraction of sp³-hybridized carbons (Fsp3) is 0.615. The van der Waals surface area contributed by atoms with E-state index < -0.39 is 0 Å². The number of piperidine rings is 1. The largest absolute Gasteiger partial charge is 0.347 e. The van der Waals surface area contributed by atoms with Crippen molar-refractivity contribution in [2.75, 3.05) is 6.54 Å². The van der Waals surface area contributed by atoms with Gasteiger partial charge in [0, 0.05) is 17.0 Å². The third-order valence-corrected chi connectivity index (χ3v) is 4.62. The van der Waals surface area contributed by atoms with Crippen molar-refractivity contribution >= 4 is 29.7 Å². The van der Waals surface area contributed by atoms with Crippen LogP contribution in [-0.4, -0.2) is 24.5 Å². The Hall–Kier alpha value is -0.580. The molecule has 2 rings (SSSR count). The second kappa shape index (κ2) is 6.55. The Kier molecular flexibility index (Phi) is 5.63. The fourth-order valence-corrected chi connectivity index (χ4v) is 3.10. The van der Waals surface area contributed by atoms with Crippen molar-refractivity contribution in [2.45, 2.75) is 45.7 Å². The summed E-state index contributed by atoms with van der Waals surface area (Å²) in [6.45, 7) is 7.30. The lowest BCUT2D eigenvalue weighted by Gasteiger charge is -2.30. The first-order valence-electron chi connectivity index (χ1n) is 6.19. The van der Waals surface area contributed by atoms with Gasteiger partial charge in [-0.25, -0.2) is 0 Å². The predicted molar refractivity (Wildman–Crippen MR) is 79.0 cm³/mol. The zero-order chi connectivity index (χ0) is 12.4. The molecule has 1 saturated heterocycles. The van der Waals surface area contributed by atoms with E-state index in [2.05, 4.69) is 24.5 Å². The molecule has 1 aliphatic heterocycles. The van der Waals surface area contributed by atoms with Gasteiger partial charge in [-0.3, -0.25) is 4.79 Å². The number of carbonyl (C=O) groups excluding carboxylic acids is 1. The van der Waals surface area contributed by atoms with Gasteiger partial charge in [0.05, 0.1) is 4.88 Å². The van der Waals surface area contributed by atoms with Gasteiger partial charge < -0.3 is 10.6 Å². The molecule has 1 aromatic rings. The van der Waals surface area contributed by atoms with E-state index in [0.717, 1.165) is 24.3 Å². The molecule has 0 aromatic carbocycles. The van der Waals surface area contributed by atoms with Crippen molar-refractivity contribution in [1.29, 1.82) is 0 Å². The second-order valence-corrected chi connectivity index (χ2v) is 6.07. The van der Waals surface area contributed by atoms with E-state index in [4.69, 9.17) is 0 Å². The number of amides is 1. The standard InChI is InChI=1S/C13H20N2OS.ClH/c1-8-7-12(17-10(8)3)13(16)15-11-5-4-6-14-9(11)2;/h7,9,11,14H,4-6H2,1-3H3,(H,15,16);1H. The third-order valence-electron chi connectivity index (χ3n) is 3.47. The molecule has 18 heavy (non-hydrogen) atoms. The molecule has 0 radical (unpaired) electrons. The van der Waals surface area contributed by atoms with Gasteiger partial charge >= 0.3 is 0 Å². The number of thiophene rings is 1. The molecule has 2 heterocycles. The van der Waals surface area contributed by atoms with Crippen molar-refractivity contribution in [1.82, 2.24) is 10.6 Å².